The van der Waals surface area contributed by atoms with E-state index in [0.717, 1.165) is 4.31 Å². The van der Waals surface area contributed by atoms with Crippen molar-refractivity contribution in [1.29, 1.82) is 0 Å². The summed E-state index contributed by atoms with van der Waals surface area (Å²) in [5.74, 6) is -1.000. The van der Waals surface area contributed by atoms with Crippen molar-refractivity contribution in [3.8, 4) is 0 Å². The van der Waals surface area contributed by atoms with Crippen LogP contribution in [0.5, 0.6) is 0 Å². The van der Waals surface area contributed by atoms with Crippen LogP contribution in [0.25, 0.3) is 0 Å². The molecule has 0 aromatic heterocycles. The van der Waals surface area contributed by atoms with Crippen molar-refractivity contribution in [2.45, 2.75) is 50.7 Å². The minimum Gasteiger partial charge on any atom is -0.350 e. The Morgan fingerprint density at radius 2 is 1.49 bits per heavy atom. The van der Waals surface area contributed by atoms with Gasteiger partial charge >= 0.3 is 0 Å². The molecule has 3 aromatic rings. The van der Waals surface area contributed by atoms with Crippen molar-refractivity contribution < 1.29 is 18.0 Å². The van der Waals surface area contributed by atoms with E-state index in [2.05, 4.69) is 5.32 Å². The summed E-state index contributed by atoms with van der Waals surface area (Å²) in [6.45, 7) is 6.50. The molecule has 0 aliphatic carbocycles. The van der Waals surface area contributed by atoms with Crippen LogP contribution in [-0.4, -0.2) is 43.3 Å². The Labute approximate surface area is 244 Å². The number of nitrogens with one attached hydrogen (secondary N) is 1. The molecule has 0 bridgehead atoms. The van der Waals surface area contributed by atoms with E-state index in [1.807, 2.05) is 20.8 Å². The van der Waals surface area contributed by atoms with Crippen molar-refractivity contribution in [2.75, 3.05) is 10.8 Å². The SMILES string of the molecule is CC(C(=O)NC(C)(C)C)N(Cc1ccc(Cl)cc1)C(=O)CN(c1cc(Cl)ccc1Cl)S(=O)(=O)c1ccccc1. The lowest BCUT2D eigenvalue weighted by Crippen LogP contribution is -2.54. The van der Waals surface area contributed by atoms with E-state index in [1.54, 1.807) is 49.4 Å². The second kappa shape index (κ2) is 12.6. The van der Waals surface area contributed by atoms with Crippen molar-refractivity contribution in [3.63, 3.8) is 0 Å². The lowest BCUT2D eigenvalue weighted by molar-refractivity contribution is -0.140. The van der Waals surface area contributed by atoms with Gasteiger partial charge in [0, 0.05) is 22.1 Å². The van der Waals surface area contributed by atoms with Gasteiger partial charge in [-0.05, 0) is 75.7 Å². The number of anilines is 1. The van der Waals surface area contributed by atoms with Crippen LogP contribution < -0.4 is 9.62 Å². The molecule has 0 fully saturated rings. The Morgan fingerprint density at radius 1 is 0.897 bits per heavy atom. The first-order chi connectivity index (χ1) is 18.2. The second-order valence-electron chi connectivity index (χ2n) is 9.98. The molecule has 0 heterocycles. The number of rotatable bonds is 9. The highest BCUT2D eigenvalue weighted by Crippen LogP contribution is 2.33. The van der Waals surface area contributed by atoms with Crippen LogP contribution in [0.15, 0.2) is 77.7 Å². The Morgan fingerprint density at radius 3 is 2.08 bits per heavy atom. The van der Waals surface area contributed by atoms with Crippen LogP contribution in [0, 0.1) is 0 Å². The average Bonchev–Trinajstić information content (AvgIpc) is 2.87. The molecule has 0 spiro atoms. The monoisotopic (exact) mass is 609 g/mol. The fourth-order valence-corrected chi connectivity index (χ4v) is 5.76. The molecule has 1 N–H and O–H groups in total. The maximum atomic E-state index is 13.9. The number of benzene rings is 3. The lowest BCUT2D eigenvalue weighted by atomic mass is 10.1. The minimum atomic E-state index is -4.25. The normalized spacial score (nSPS) is 12.5. The molecular formula is C28H30Cl3N3O4S. The number of sulfonamides is 1. The van der Waals surface area contributed by atoms with Gasteiger partial charge < -0.3 is 10.2 Å². The van der Waals surface area contributed by atoms with Gasteiger partial charge in [-0.15, -0.1) is 0 Å². The van der Waals surface area contributed by atoms with Crippen molar-refractivity contribution in [1.82, 2.24) is 10.2 Å². The Kier molecular flexibility index (Phi) is 9.93. The highest BCUT2D eigenvalue weighted by atomic mass is 35.5. The summed E-state index contributed by atoms with van der Waals surface area (Å²) < 4.78 is 28.5. The first-order valence-corrected chi connectivity index (χ1v) is 14.7. The van der Waals surface area contributed by atoms with Crippen LogP contribution in [0.1, 0.15) is 33.3 Å². The second-order valence-corrected chi connectivity index (χ2v) is 13.1. The van der Waals surface area contributed by atoms with Crippen molar-refractivity contribution in [2.24, 2.45) is 0 Å². The van der Waals surface area contributed by atoms with Gasteiger partial charge in [0.15, 0.2) is 0 Å². The largest absolute Gasteiger partial charge is 0.350 e. The van der Waals surface area contributed by atoms with Crippen LogP contribution in [0.2, 0.25) is 15.1 Å². The average molecular weight is 611 g/mol. The van der Waals surface area contributed by atoms with E-state index in [0.29, 0.717) is 10.6 Å². The smallest absolute Gasteiger partial charge is 0.264 e. The first-order valence-electron chi connectivity index (χ1n) is 12.1. The van der Waals surface area contributed by atoms with E-state index < -0.39 is 34.1 Å². The summed E-state index contributed by atoms with van der Waals surface area (Å²) in [5, 5.41) is 3.74. The molecule has 11 heteroatoms. The zero-order valence-electron chi connectivity index (χ0n) is 22.0. The zero-order valence-corrected chi connectivity index (χ0v) is 25.1. The Bertz CT molecular complexity index is 1430. The molecule has 1 atom stereocenters. The zero-order chi connectivity index (χ0) is 29.0. The molecular weight excluding hydrogens is 581 g/mol. The molecule has 3 aromatic carbocycles. The molecule has 0 aliphatic heterocycles. The predicted molar refractivity (Wildman–Crippen MR) is 157 cm³/mol. The Balaban J connectivity index is 2.06. The first kappa shape index (κ1) is 30.8. The van der Waals surface area contributed by atoms with E-state index in [-0.39, 0.29) is 33.1 Å². The maximum Gasteiger partial charge on any atom is 0.264 e. The fourth-order valence-electron chi connectivity index (χ4n) is 3.75. The number of hydrogen-bond acceptors (Lipinski definition) is 4. The van der Waals surface area contributed by atoms with Crippen molar-refractivity contribution >= 4 is 62.3 Å². The number of carbonyl (C=O) groups is 2. The Hall–Kier alpha value is -2.78. The summed E-state index contributed by atoms with van der Waals surface area (Å²) in [6.07, 6.45) is 0. The minimum absolute atomic E-state index is 0.0309. The fraction of sp³-hybridized carbons (Fsp3) is 0.286. The van der Waals surface area contributed by atoms with Gasteiger partial charge in [0.25, 0.3) is 10.0 Å². The van der Waals surface area contributed by atoms with E-state index in [4.69, 9.17) is 34.8 Å². The number of nitrogens with zero attached hydrogens (tertiary/aromatic N) is 2. The van der Waals surface area contributed by atoms with Crippen molar-refractivity contribution in [3.05, 3.63) is 93.4 Å². The molecule has 7 nitrogen and oxygen atoms in total. The van der Waals surface area contributed by atoms with Gasteiger partial charge in [-0.2, -0.15) is 0 Å². The third kappa shape index (κ3) is 8.11. The van der Waals surface area contributed by atoms with Crippen LogP contribution in [0.3, 0.4) is 0 Å². The third-order valence-corrected chi connectivity index (χ3v) is 8.30. The summed E-state index contributed by atoms with van der Waals surface area (Å²) in [6, 6.07) is 18.0. The van der Waals surface area contributed by atoms with Gasteiger partial charge in [0.05, 0.1) is 15.6 Å². The van der Waals surface area contributed by atoms with Crippen LogP contribution >= 0.6 is 34.8 Å². The summed E-state index contributed by atoms with van der Waals surface area (Å²) in [7, 11) is -4.25. The molecule has 0 radical (unpaired) electrons. The van der Waals surface area contributed by atoms with Gasteiger partial charge in [0.1, 0.15) is 12.6 Å². The summed E-state index contributed by atoms with van der Waals surface area (Å²) >= 11 is 18.6. The van der Waals surface area contributed by atoms with Gasteiger partial charge in [-0.1, -0.05) is 65.1 Å². The molecule has 2 amide bonds. The van der Waals surface area contributed by atoms with E-state index in [9.17, 15) is 18.0 Å². The molecule has 0 saturated heterocycles. The summed E-state index contributed by atoms with van der Waals surface area (Å²) in [5.41, 5.74) is 0.207. The lowest BCUT2D eigenvalue weighted by Gasteiger charge is -2.33. The molecule has 0 aliphatic rings. The topological polar surface area (TPSA) is 86.8 Å². The van der Waals surface area contributed by atoms with E-state index >= 15 is 0 Å². The summed E-state index contributed by atoms with van der Waals surface area (Å²) in [4.78, 5) is 28.3. The number of halogens is 3. The highest BCUT2D eigenvalue weighted by Gasteiger charge is 2.34. The van der Waals surface area contributed by atoms with E-state index in [1.165, 1.54) is 35.2 Å². The maximum absolute atomic E-state index is 13.9. The molecule has 0 saturated carbocycles. The molecule has 39 heavy (non-hydrogen) atoms. The number of hydrogen-bond donors (Lipinski definition) is 1. The third-order valence-electron chi connectivity index (χ3n) is 5.72. The van der Waals surface area contributed by atoms with Gasteiger partial charge in [0.2, 0.25) is 11.8 Å². The highest BCUT2D eigenvalue weighted by molar-refractivity contribution is 7.92. The number of carbonyl (C=O) groups excluding carboxylic acids is 2. The van der Waals surface area contributed by atoms with Crippen LogP contribution in [-0.2, 0) is 26.2 Å². The molecule has 208 valence electrons. The number of amides is 2. The molecule has 3 rings (SSSR count). The quantitative estimate of drug-likeness (QED) is 0.314. The van der Waals surface area contributed by atoms with Gasteiger partial charge in [-0.25, -0.2) is 8.42 Å². The standard InChI is InChI=1S/C28H30Cl3N3O4S/c1-19(27(36)32-28(2,3)4)33(17-20-10-12-21(29)13-11-20)26(35)18-34(25-16-22(30)14-15-24(25)31)39(37,38)23-8-6-5-7-9-23/h5-16,19H,17-18H2,1-4H3,(H,32,36). The van der Waals surface area contributed by atoms with Crippen LogP contribution in [0.4, 0.5) is 5.69 Å². The molecule has 1 unspecified atom stereocenters. The predicted octanol–water partition coefficient (Wildman–Crippen LogP) is 6.17. The van der Waals surface area contributed by atoms with Gasteiger partial charge in [-0.3, -0.25) is 13.9 Å².